The third-order valence-corrected chi connectivity index (χ3v) is 12.2. The van der Waals surface area contributed by atoms with Gasteiger partial charge in [-0.3, -0.25) is 4.79 Å². The molecule has 5 heterocycles. The maximum Gasteiger partial charge on any atom is 0.254 e. The second-order valence-corrected chi connectivity index (χ2v) is 14.8. The Balaban J connectivity index is 1.13. The minimum absolute atomic E-state index is 0.0482. The number of aliphatic imine (C=N–C) groups is 1. The van der Waals surface area contributed by atoms with Gasteiger partial charge in [-0.05, 0) is 114 Å². The molecule has 0 radical (unpaired) electrons. The van der Waals surface area contributed by atoms with Crippen LogP contribution in [-0.4, -0.2) is 64.8 Å². The summed E-state index contributed by atoms with van der Waals surface area (Å²) in [6.07, 6.45) is 8.49. The van der Waals surface area contributed by atoms with Crippen LogP contribution >= 0.6 is 11.3 Å². The Hall–Kier alpha value is -3.04. The molecular weight excluding hydrogens is 547 g/mol. The summed E-state index contributed by atoms with van der Waals surface area (Å²) < 4.78 is 16.8. The van der Waals surface area contributed by atoms with Crippen molar-refractivity contribution in [2.75, 3.05) is 33.2 Å². The van der Waals surface area contributed by atoms with Crippen LogP contribution in [0.2, 0.25) is 0 Å². The van der Waals surface area contributed by atoms with Crippen LogP contribution < -0.4 is 5.73 Å². The van der Waals surface area contributed by atoms with E-state index in [0.717, 1.165) is 94.2 Å². The van der Waals surface area contributed by atoms with E-state index < -0.39 is 11.4 Å². The van der Waals surface area contributed by atoms with Crippen molar-refractivity contribution in [2.24, 2.45) is 16.1 Å². The van der Waals surface area contributed by atoms with Crippen molar-refractivity contribution in [2.45, 2.75) is 75.8 Å². The number of benzene rings is 2. The lowest BCUT2D eigenvalue weighted by atomic mass is 9.84. The summed E-state index contributed by atoms with van der Waals surface area (Å²) in [5.41, 5.74) is 9.66. The number of piperidine rings is 2. The molecule has 1 spiro atoms. The van der Waals surface area contributed by atoms with Crippen molar-refractivity contribution in [1.82, 2.24) is 19.7 Å². The summed E-state index contributed by atoms with van der Waals surface area (Å²) in [5.74, 6) is 0.338. The van der Waals surface area contributed by atoms with E-state index in [9.17, 15) is 4.79 Å². The highest BCUT2D eigenvalue weighted by molar-refractivity contribution is 7.18. The number of likely N-dealkylation sites (tertiary alicyclic amines) is 2. The van der Waals surface area contributed by atoms with Crippen LogP contribution in [0.1, 0.15) is 96.7 Å². The summed E-state index contributed by atoms with van der Waals surface area (Å²) in [4.78, 5) is 30.4. The second-order valence-electron chi connectivity index (χ2n) is 13.7. The van der Waals surface area contributed by atoms with Gasteiger partial charge in [-0.25, -0.2) is 14.4 Å². The van der Waals surface area contributed by atoms with Gasteiger partial charge < -0.3 is 20.4 Å². The number of rotatable bonds is 3. The molecule has 1 unspecified atom stereocenters. The Morgan fingerprint density at radius 2 is 1.88 bits per heavy atom. The quantitative estimate of drug-likeness (QED) is 0.391. The van der Waals surface area contributed by atoms with E-state index >= 15 is 4.39 Å². The number of hydrogen-bond acceptors (Lipinski definition) is 7. The molecule has 3 saturated heterocycles. The van der Waals surface area contributed by atoms with Gasteiger partial charge in [0.15, 0.2) is 5.96 Å². The van der Waals surface area contributed by atoms with E-state index in [0.29, 0.717) is 17.4 Å². The minimum atomic E-state index is -0.466. The fourth-order valence-electron chi connectivity index (χ4n) is 8.09. The predicted molar refractivity (Wildman–Crippen MR) is 165 cm³/mol. The summed E-state index contributed by atoms with van der Waals surface area (Å²) in [6.45, 7) is 5.85. The Morgan fingerprint density at radius 3 is 2.67 bits per heavy atom. The number of carbonyl (C=O) groups is 1. The molecule has 1 aliphatic carbocycles. The molecular formula is C33H39FN6OS. The molecule has 1 aromatic heterocycles. The zero-order valence-corrected chi connectivity index (χ0v) is 25.4. The number of halogens is 1. The monoisotopic (exact) mass is 586 g/mol. The van der Waals surface area contributed by atoms with E-state index in [1.165, 1.54) is 15.8 Å². The van der Waals surface area contributed by atoms with Crippen molar-refractivity contribution in [1.29, 1.82) is 0 Å². The number of nitrogens with two attached hydrogens (primary N) is 1. The first-order valence-corrected chi connectivity index (χ1v) is 16.4. The van der Waals surface area contributed by atoms with E-state index in [-0.39, 0.29) is 23.1 Å². The van der Waals surface area contributed by atoms with Crippen molar-refractivity contribution in [3.63, 3.8) is 0 Å². The van der Waals surface area contributed by atoms with Gasteiger partial charge in [-0.1, -0.05) is 6.07 Å². The Kier molecular flexibility index (Phi) is 6.00. The smallest absolute Gasteiger partial charge is 0.254 e. The first kappa shape index (κ1) is 26.6. The summed E-state index contributed by atoms with van der Waals surface area (Å²) in [6, 6.07) is 9.83. The van der Waals surface area contributed by atoms with Gasteiger partial charge >= 0.3 is 0 Å². The average molecular weight is 587 g/mol. The van der Waals surface area contributed by atoms with Gasteiger partial charge in [-0.2, -0.15) is 0 Å². The molecule has 1 saturated carbocycles. The SMILES string of the molecule is CN1CCC(c2nc3cc([C@H]4CCC5(CC5)CN4C(=O)c4cc(F)c5c(c4)C4(C)CCCN4C(N)=N5)ccc3s2)CC1. The first-order valence-electron chi connectivity index (χ1n) is 15.6. The molecule has 2 aromatic carbocycles. The molecule has 9 heteroatoms. The number of aromatic nitrogens is 1. The Morgan fingerprint density at radius 1 is 1.07 bits per heavy atom. The number of nitrogens with zero attached hydrogens (tertiary/aromatic N) is 5. The van der Waals surface area contributed by atoms with Gasteiger partial charge in [0, 0.05) is 30.1 Å². The van der Waals surface area contributed by atoms with Crippen LogP contribution in [0.3, 0.4) is 0 Å². The number of thiazole rings is 1. The standard InChI is InChI=1S/C33H39FN6OS/c1-32-9-3-13-40(32)31(35)37-28-23(32)16-22(17-24(28)34)30(41)39-19-33(11-12-33)10-6-26(39)21-4-5-27-25(18-21)36-29(42-27)20-7-14-38(2)15-8-20/h4-5,16-18,20,26H,3,6-15,19H2,1-2H3,(H2,35,37)/t26-,32?/m1/s1. The first-order chi connectivity index (χ1) is 20.2. The lowest BCUT2D eigenvalue weighted by Crippen LogP contribution is -2.49. The van der Waals surface area contributed by atoms with Crippen LogP contribution in [0.4, 0.5) is 10.1 Å². The molecule has 8 rings (SSSR count). The Bertz CT molecular complexity index is 1620. The van der Waals surface area contributed by atoms with E-state index in [4.69, 9.17) is 10.7 Å². The van der Waals surface area contributed by atoms with Crippen LogP contribution in [-0.2, 0) is 5.54 Å². The van der Waals surface area contributed by atoms with Gasteiger partial charge in [0.1, 0.15) is 11.5 Å². The maximum absolute atomic E-state index is 15.6. The third-order valence-electron chi connectivity index (χ3n) is 11.0. The molecule has 3 aromatic rings. The van der Waals surface area contributed by atoms with Gasteiger partial charge in [0.05, 0.1) is 26.8 Å². The fraction of sp³-hybridized carbons (Fsp3) is 0.545. The number of fused-ring (bicyclic) bond motifs is 4. The predicted octanol–water partition coefficient (Wildman–Crippen LogP) is 6.27. The molecule has 1 amide bonds. The third kappa shape index (κ3) is 4.18. The van der Waals surface area contributed by atoms with Gasteiger partial charge in [-0.15, -0.1) is 11.3 Å². The molecule has 2 atom stereocenters. The van der Waals surface area contributed by atoms with Crippen LogP contribution in [0.25, 0.3) is 10.2 Å². The zero-order valence-electron chi connectivity index (χ0n) is 24.5. The Labute approximate surface area is 250 Å². The van der Waals surface area contributed by atoms with Gasteiger partial charge in [0.2, 0.25) is 0 Å². The molecule has 5 aliphatic rings. The number of carbonyl (C=O) groups excluding carboxylic acids is 1. The largest absolute Gasteiger partial charge is 0.369 e. The zero-order chi connectivity index (χ0) is 28.8. The summed E-state index contributed by atoms with van der Waals surface area (Å²) >= 11 is 1.82. The van der Waals surface area contributed by atoms with Crippen molar-refractivity contribution in [3.05, 3.63) is 57.8 Å². The van der Waals surface area contributed by atoms with Crippen molar-refractivity contribution >= 4 is 39.1 Å². The van der Waals surface area contributed by atoms with E-state index in [1.54, 1.807) is 0 Å². The second kappa shape index (κ2) is 9.48. The molecule has 4 aliphatic heterocycles. The average Bonchev–Trinajstić information content (AvgIpc) is 3.38. The normalized spacial score (nSPS) is 27.3. The maximum atomic E-state index is 15.6. The molecule has 2 N–H and O–H groups in total. The molecule has 4 fully saturated rings. The van der Waals surface area contributed by atoms with Gasteiger partial charge in [0.25, 0.3) is 5.91 Å². The number of guanidine groups is 1. The van der Waals surface area contributed by atoms with Crippen molar-refractivity contribution in [3.8, 4) is 0 Å². The molecule has 220 valence electrons. The molecule has 42 heavy (non-hydrogen) atoms. The number of hydrogen-bond donors (Lipinski definition) is 1. The molecule has 7 nitrogen and oxygen atoms in total. The van der Waals surface area contributed by atoms with E-state index in [2.05, 4.69) is 47.0 Å². The highest BCUT2D eigenvalue weighted by atomic mass is 32.1. The van der Waals surface area contributed by atoms with Crippen molar-refractivity contribution < 1.29 is 9.18 Å². The lowest BCUT2D eigenvalue weighted by Gasteiger charge is -2.42. The topological polar surface area (TPSA) is 78.1 Å². The minimum Gasteiger partial charge on any atom is -0.369 e. The summed E-state index contributed by atoms with van der Waals surface area (Å²) in [5, 5.41) is 1.24. The highest BCUT2D eigenvalue weighted by Crippen LogP contribution is 2.56. The molecule has 0 bridgehead atoms. The van der Waals surface area contributed by atoms with Crippen LogP contribution in [0, 0.1) is 11.2 Å². The highest BCUT2D eigenvalue weighted by Gasteiger charge is 2.50. The van der Waals surface area contributed by atoms with Crippen LogP contribution in [0.5, 0.6) is 0 Å². The summed E-state index contributed by atoms with van der Waals surface area (Å²) in [7, 11) is 2.19. The number of amides is 1. The van der Waals surface area contributed by atoms with Crippen LogP contribution in [0.15, 0.2) is 35.3 Å². The lowest BCUT2D eigenvalue weighted by molar-refractivity contribution is 0.0498. The fourth-order valence-corrected chi connectivity index (χ4v) is 9.21. The van der Waals surface area contributed by atoms with E-state index in [1.807, 2.05) is 22.3 Å².